The van der Waals surface area contributed by atoms with Gasteiger partial charge >= 0.3 is 6.61 Å². The molecule has 1 aliphatic rings. The zero-order valence-corrected chi connectivity index (χ0v) is 16.5. The standard InChI is InChI=1S/C21H17BrF2N2O2/c1-26-12-7-5-11(6-8-12)20-18-13(9-10-14(25)19(18)22)17-15(27-20)3-2-4-16(17)28-21(23)24/h2-10,20-21,26H,25H2,1H3. The Hall–Kier alpha value is -2.80. The van der Waals surface area contributed by atoms with Crippen molar-refractivity contribution < 1.29 is 18.3 Å². The number of hydrogen-bond donors (Lipinski definition) is 2. The fourth-order valence-corrected chi connectivity index (χ4v) is 3.95. The molecule has 3 aromatic carbocycles. The zero-order chi connectivity index (χ0) is 19.8. The molecule has 0 amide bonds. The van der Waals surface area contributed by atoms with Gasteiger partial charge in [-0.1, -0.05) is 24.3 Å². The summed E-state index contributed by atoms with van der Waals surface area (Å²) >= 11 is 3.55. The number of hydrogen-bond acceptors (Lipinski definition) is 4. The lowest BCUT2D eigenvalue weighted by atomic mass is 9.88. The number of fused-ring (bicyclic) bond motifs is 3. The van der Waals surface area contributed by atoms with Crippen LogP contribution in [0, 0.1) is 0 Å². The van der Waals surface area contributed by atoms with Gasteiger partial charge in [-0.2, -0.15) is 8.78 Å². The summed E-state index contributed by atoms with van der Waals surface area (Å²) in [5.74, 6) is 0.541. The molecule has 4 nitrogen and oxygen atoms in total. The van der Waals surface area contributed by atoms with E-state index in [9.17, 15) is 8.78 Å². The van der Waals surface area contributed by atoms with Crippen LogP contribution < -0.4 is 20.5 Å². The minimum atomic E-state index is -2.93. The Kier molecular flexibility index (Phi) is 4.85. The van der Waals surface area contributed by atoms with Crippen LogP contribution in [-0.2, 0) is 0 Å². The van der Waals surface area contributed by atoms with Gasteiger partial charge in [0, 0.05) is 28.5 Å². The van der Waals surface area contributed by atoms with Crippen LogP contribution in [0.3, 0.4) is 0 Å². The first kappa shape index (κ1) is 18.6. The predicted molar refractivity (Wildman–Crippen MR) is 109 cm³/mol. The van der Waals surface area contributed by atoms with Gasteiger partial charge < -0.3 is 20.5 Å². The minimum absolute atomic E-state index is 0.0643. The lowest BCUT2D eigenvalue weighted by Gasteiger charge is -2.31. The molecule has 1 aliphatic heterocycles. The lowest BCUT2D eigenvalue weighted by molar-refractivity contribution is -0.0496. The number of anilines is 2. The molecule has 0 saturated carbocycles. The third-order valence-corrected chi connectivity index (χ3v) is 5.58. The Morgan fingerprint density at radius 1 is 1.11 bits per heavy atom. The molecular weight excluding hydrogens is 430 g/mol. The van der Waals surface area contributed by atoms with Crippen LogP contribution >= 0.6 is 15.9 Å². The van der Waals surface area contributed by atoms with E-state index in [0.29, 0.717) is 21.5 Å². The highest BCUT2D eigenvalue weighted by molar-refractivity contribution is 9.10. The second kappa shape index (κ2) is 7.31. The van der Waals surface area contributed by atoms with E-state index in [1.807, 2.05) is 37.4 Å². The normalized spacial score (nSPS) is 14.8. The third-order valence-electron chi connectivity index (χ3n) is 4.69. The summed E-state index contributed by atoms with van der Waals surface area (Å²) in [4.78, 5) is 0. The summed E-state index contributed by atoms with van der Waals surface area (Å²) in [6.07, 6.45) is -0.451. The summed E-state index contributed by atoms with van der Waals surface area (Å²) in [6, 6.07) is 16.2. The first-order chi connectivity index (χ1) is 13.5. The molecule has 0 radical (unpaired) electrons. The van der Waals surface area contributed by atoms with Crippen molar-refractivity contribution in [3.05, 3.63) is 70.2 Å². The third kappa shape index (κ3) is 3.16. The topological polar surface area (TPSA) is 56.5 Å². The van der Waals surface area contributed by atoms with Crippen molar-refractivity contribution in [3.8, 4) is 22.6 Å². The average molecular weight is 447 g/mol. The maximum atomic E-state index is 12.9. The highest BCUT2D eigenvalue weighted by atomic mass is 79.9. The summed E-state index contributed by atoms with van der Waals surface area (Å²) in [5.41, 5.74) is 10.5. The Morgan fingerprint density at radius 3 is 2.54 bits per heavy atom. The van der Waals surface area contributed by atoms with E-state index in [1.165, 1.54) is 6.07 Å². The molecule has 0 saturated heterocycles. The van der Waals surface area contributed by atoms with Gasteiger partial charge in [-0.3, -0.25) is 0 Å². The molecule has 3 N–H and O–H groups in total. The van der Waals surface area contributed by atoms with Crippen LogP contribution in [0.25, 0.3) is 11.1 Å². The smallest absolute Gasteiger partial charge is 0.387 e. The molecule has 7 heteroatoms. The highest BCUT2D eigenvalue weighted by Gasteiger charge is 2.32. The van der Waals surface area contributed by atoms with Crippen molar-refractivity contribution in [1.29, 1.82) is 0 Å². The predicted octanol–water partition coefficient (Wildman–Crippen LogP) is 5.82. The molecule has 1 heterocycles. The van der Waals surface area contributed by atoms with E-state index in [1.54, 1.807) is 18.2 Å². The molecule has 4 rings (SSSR count). The van der Waals surface area contributed by atoms with Crippen molar-refractivity contribution in [3.63, 3.8) is 0 Å². The van der Waals surface area contributed by atoms with Gasteiger partial charge in [-0.15, -0.1) is 0 Å². The van der Waals surface area contributed by atoms with Crippen molar-refractivity contribution >= 4 is 27.3 Å². The van der Waals surface area contributed by atoms with Gasteiger partial charge in [0.05, 0.1) is 5.56 Å². The van der Waals surface area contributed by atoms with Crippen molar-refractivity contribution in [2.24, 2.45) is 0 Å². The number of alkyl halides is 2. The van der Waals surface area contributed by atoms with Crippen LogP contribution in [0.5, 0.6) is 11.5 Å². The molecule has 0 bridgehead atoms. The molecule has 0 aliphatic carbocycles. The Bertz CT molecular complexity index is 1030. The van der Waals surface area contributed by atoms with Gasteiger partial charge in [0.1, 0.15) is 11.5 Å². The van der Waals surface area contributed by atoms with Gasteiger partial charge in [-0.05, 0) is 57.4 Å². The van der Waals surface area contributed by atoms with E-state index < -0.39 is 12.7 Å². The number of halogens is 3. The van der Waals surface area contributed by atoms with Gasteiger partial charge in [0.2, 0.25) is 0 Å². The molecule has 1 unspecified atom stereocenters. The van der Waals surface area contributed by atoms with Crippen molar-refractivity contribution in [2.75, 3.05) is 18.1 Å². The lowest BCUT2D eigenvalue weighted by Crippen LogP contribution is -2.18. The Balaban J connectivity index is 1.92. The summed E-state index contributed by atoms with van der Waals surface area (Å²) < 4.78 is 37.5. The SMILES string of the molecule is CNc1ccc(C2Oc3cccc(OC(F)F)c3-c3ccc(N)c(Br)c32)cc1. The van der Waals surface area contributed by atoms with Crippen LogP contribution in [0.1, 0.15) is 17.2 Å². The number of rotatable bonds is 4. The quantitative estimate of drug-likeness (QED) is 0.495. The monoisotopic (exact) mass is 446 g/mol. The van der Waals surface area contributed by atoms with E-state index in [0.717, 1.165) is 22.4 Å². The molecule has 0 fully saturated rings. The number of nitrogens with one attached hydrogen (secondary N) is 1. The molecular formula is C21H17BrF2N2O2. The van der Waals surface area contributed by atoms with Gasteiger partial charge in [-0.25, -0.2) is 0 Å². The van der Waals surface area contributed by atoms with E-state index in [2.05, 4.69) is 21.2 Å². The zero-order valence-electron chi connectivity index (χ0n) is 14.9. The molecule has 1 atom stereocenters. The largest absolute Gasteiger partial charge is 0.480 e. The molecule has 0 spiro atoms. The maximum Gasteiger partial charge on any atom is 0.387 e. The second-order valence-electron chi connectivity index (χ2n) is 6.31. The van der Waals surface area contributed by atoms with E-state index in [4.69, 9.17) is 15.2 Å². The Labute approximate surface area is 169 Å². The van der Waals surface area contributed by atoms with Crippen molar-refractivity contribution in [1.82, 2.24) is 0 Å². The molecule has 144 valence electrons. The van der Waals surface area contributed by atoms with Gasteiger partial charge in [0.25, 0.3) is 0 Å². The van der Waals surface area contributed by atoms with Gasteiger partial charge in [0.15, 0.2) is 6.10 Å². The molecule has 3 aromatic rings. The maximum absolute atomic E-state index is 12.9. The first-order valence-electron chi connectivity index (χ1n) is 8.60. The molecule has 28 heavy (non-hydrogen) atoms. The summed E-state index contributed by atoms with van der Waals surface area (Å²) in [5, 5.41) is 3.08. The van der Waals surface area contributed by atoms with Crippen molar-refractivity contribution in [2.45, 2.75) is 12.7 Å². The number of benzene rings is 3. The van der Waals surface area contributed by atoms with E-state index in [-0.39, 0.29) is 5.75 Å². The van der Waals surface area contributed by atoms with Crippen LogP contribution in [0.4, 0.5) is 20.2 Å². The summed E-state index contributed by atoms with van der Waals surface area (Å²) in [6.45, 7) is -2.93. The fourth-order valence-electron chi connectivity index (χ4n) is 3.40. The molecule has 0 aromatic heterocycles. The Morgan fingerprint density at radius 2 is 1.86 bits per heavy atom. The second-order valence-corrected chi connectivity index (χ2v) is 7.10. The summed E-state index contributed by atoms with van der Waals surface area (Å²) in [7, 11) is 1.85. The average Bonchev–Trinajstić information content (AvgIpc) is 2.69. The fraction of sp³-hybridized carbons (Fsp3) is 0.143. The van der Waals surface area contributed by atoms with Crippen LogP contribution in [0.2, 0.25) is 0 Å². The van der Waals surface area contributed by atoms with Crippen LogP contribution in [0.15, 0.2) is 59.1 Å². The number of ether oxygens (including phenoxy) is 2. The number of nitrogens with two attached hydrogens (primary N) is 1. The van der Waals surface area contributed by atoms with E-state index >= 15 is 0 Å². The minimum Gasteiger partial charge on any atom is -0.480 e. The number of nitrogen functional groups attached to an aromatic ring is 1. The first-order valence-corrected chi connectivity index (χ1v) is 9.39. The van der Waals surface area contributed by atoms with Crippen LogP contribution in [-0.4, -0.2) is 13.7 Å². The highest BCUT2D eigenvalue weighted by Crippen LogP contribution is 2.52.